The number of piperidine rings is 1. The SMILES string of the molecule is C=C1C(c2ccc(-c3cc(C)ncn3)cc2C)=Cc2cnc(Nc3ccc(C4CCN(C)CC4)cc3)nc2N1CC. The van der Waals surface area contributed by atoms with Gasteiger partial charge in [-0.15, -0.1) is 0 Å². The van der Waals surface area contributed by atoms with Crippen molar-refractivity contribution in [1.29, 1.82) is 0 Å². The van der Waals surface area contributed by atoms with Crippen LogP contribution in [0.4, 0.5) is 17.5 Å². The summed E-state index contributed by atoms with van der Waals surface area (Å²) in [4.78, 5) is 22.9. The molecule has 0 amide bonds. The highest BCUT2D eigenvalue weighted by atomic mass is 15.2. The third-order valence-electron chi connectivity index (χ3n) is 8.28. The van der Waals surface area contributed by atoms with Crippen molar-refractivity contribution in [3.8, 4) is 11.3 Å². The van der Waals surface area contributed by atoms with Gasteiger partial charge in [-0.3, -0.25) is 0 Å². The van der Waals surface area contributed by atoms with Crippen molar-refractivity contribution in [2.24, 2.45) is 0 Å². The van der Waals surface area contributed by atoms with Crippen molar-refractivity contribution in [2.45, 2.75) is 39.5 Å². The quantitative estimate of drug-likeness (QED) is 0.281. The minimum Gasteiger partial charge on any atom is -0.326 e. The Morgan fingerprint density at radius 3 is 2.46 bits per heavy atom. The second kappa shape index (κ2) is 11.3. The maximum atomic E-state index is 4.92. The zero-order chi connectivity index (χ0) is 28.5. The third kappa shape index (κ3) is 5.50. The number of allylic oxidation sites excluding steroid dienone is 1. The van der Waals surface area contributed by atoms with Crippen LogP contribution in [0.2, 0.25) is 0 Å². The largest absolute Gasteiger partial charge is 0.326 e. The second-order valence-corrected chi connectivity index (χ2v) is 11.1. The van der Waals surface area contributed by atoms with Gasteiger partial charge >= 0.3 is 0 Å². The number of rotatable bonds is 6. The fourth-order valence-electron chi connectivity index (χ4n) is 5.89. The van der Waals surface area contributed by atoms with E-state index in [0.29, 0.717) is 11.9 Å². The molecule has 7 heteroatoms. The Kier molecular flexibility index (Phi) is 7.37. The summed E-state index contributed by atoms with van der Waals surface area (Å²) in [5, 5.41) is 3.41. The van der Waals surface area contributed by atoms with E-state index in [4.69, 9.17) is 4.98 Å². The summed E-state index contributed by atoms with van der Waals surface area (Å²) in [5.41, 5.74) is 10.6. The van der Waals surface area contributed by atoms with Gasteiger partial charge < -0.3 is 15.1 Å². The highest BCUT2D eigenvalue weighted by Crippen LogP contribution is 2.39. The van der Waals surface area contributed by atoms with Gasteiger partial charge in [0.15, 0.2) is 0 Å². The van der Waals surface area contributed by atoms with Crippen LogP contribution >= 0.6 is 0 Å². The van der Waals surface area contributed by atoms with E-state index in [1.165, 1.54) is 18.4 Å². The van der Waals surface area contributed by atoms with E-state index in [2.05, 4.69) is 106 Å². The summed E-state index contributed by atoms with van der Waals surface area (Å²) >= 11 is 0. The van der Waals surface area contributed by atoms with Gasteiger partial charge in [-0.25, -0.2) is 15.0 Å². The number of likely N-dealkylation sites (N-methyl/N-ethyl adjacent to an activating group) is 1. The topological polar surface area (TPSA) is 70.1 Å². The van der Waals surface area contributed by atoms with Crippen LogP contribution in [0.1, 0.15) is 53.6 Å². The molecule has 0 radical (unpaired) electrons. The molecule has 6 rings (SSSR count). The molecule has 2 aliphatic heterocycles. The van der Waals surface area contributed by atoms with Crippen molar-refractivity contribution < 1.29 is 0 Å². The van der Waals surface area contributed by atoms with E-state index >= 15 is 0 Å². The lowest BCUT2D eigenvalue weighted by Gasteiger charge is -2.32. The number of fused-ring (bicyclic) bond motifs is 1. The Morgan fingerprint density at radius 2 is 1.76 bits per heavy atom. The molecular formula is C34H37N7. The van der Waals surface area contributed by atoms with Crippen molar-refractivity contribution >= 4 is 29.1 Å². The third-order valence-corrected chi connectivity index (χ3v) is 8.28. The predicted octanol–water partition coefficient (Wildman–Crippen LogP) is 7.00. The highest BCUT2D eigenvalue weighted by molar-refractivity contribution is 5.99. The van der Waals surface area contributed by atoms with Crippen LogP contribution in [0.5, 0.6) is 0 Å². The van der Waals surface area contributed by atoms with Crippen molar-refractivity contribution in [3.05, 3.63) is 101 Å². The van der Waals surface area contributed by atoms with Crippen LogP contribution in [0.3, 0.4) is 0 Å². The zero-order valence-corrected chi connectivity index (χ0v) is 24.4. The summed E-state index contributed by atoms with van der Waals surface area (Å²) in [5.74, 6) is 2.09. The summed E-state index contributed by atoms with van der Waals surface area (Å²) in [7, 11) is 2.20. The lowest BCUT2D eigenvalue weighted by Crippen LogP contribution is -2.29. The van der Waals surface area contributed by atoms with Crippen LogP contribution in [0.15, 0.2) is 73.3 Å². The number of hydrogen-bond donors (Lipinski definition) is 1. The minimum atomic E-state index is 0.583. The lowest BCUT2D eigenvalue weighted by molar-refractivity contribution is 0.255. The van der Waals surface area contributed by atoms with E-state index in [-0.39, 0.29) is 0 Å². The first-order valence-electron chi connectivity index (χ1n) is 14.4. The number of likely N-dealkylation sites (tertiary alicyclic amines) is 1. The number of hydrogen-bond acceptors (Lipinski definition) is 7. The lowest BCUT2D eigenvalue weighted by atomic mass is 9.89. The van der Waals surface area contributed by atoms with Gasteiger partial charge in [0.1, 0.15) is 12.1 Å². The van der Waals surface area contributed by atoms with Crippen LogP contribution in [-0.2, 0) is 0 Å². The fourth-order valence-corrected chi connectivity index (χ4v) is 5.89. The molecule has 1 saturated heterocycles. The molecule has 0 bridgehead atoms. The number of nitrogens with zero attached hydrogens (tertiary/aromatic N) is 6. The molecule has 2 aromatic heterocycles. The van der Waals surface area contributed by atoms with Gasteiger partial charge in [0, 0.05) is 46.5 Å². The zero-order valence-electron chi connectivity index (χ0n) is 24.4. The Labute approximate surface area is 242 Å². The Bertz CT molecular complexity index is 1610. The van der Waals surface area contributed by atoms with Crippen LogP contribution in [-0.4, -0.2) is 51.5 Å². The standard InChI is InChI=1S/C34H37N7/c1-6-41-24(4)31(30-12-9-27(17-22(30)2)32-18-23(3)36-21-37-32)19-28-20-35-34(39-33(28)41)38-29-10-7-25(8-11-29)26-13-15-40(5)16-14-26/h7-12,17-21,26H,4,6,13-16H2,1-3,5H3,(H,35,38,39). The molecule has 0 spiro atoms. The molecule has 0 aliphatic carbocycles. The number of nitrogens with one attached hydrogen (secondary N) is 1. The Balaban J connectivity index is 1.24. The van der Waals surface area contributed by atoms with Gasteiger partial charge in [-0.05, 0) is 107 Å². The predicted molar refractivity (Wildman–Crippen MR) is 168 cm³/mol. The number of anilines is 3. The first-order chi connectivity index (χ1) is 19.9. The average molecular weight is 544 g/mol. The van der Waals surface area contributed by atoms with Crippen LogP contribution < -0.4 is 10.2 Å². The van der Waals surface area contributed by atoms with E-state index in [0.717, 1.165) is 76.1 Å². The first kappa shape index (κ1) is 26.8. The highest BCUT2D eigenvalue weighted by Gasteiger charge is 2.25. The molecular weight excluding hydrogens is 506 g/mol. The van der Waals surface area contributed by atoms with Crippen LogP contribution in [0.25, 0.3) is 22.9 Å². The molecule has 1 fully saturated rings. The van der Waals surface area contributed by atoms with Crippen LogP contribution in [0, 0.1) is 13.8 Å². The first-order valence-corrected chi connectivity index (χ1v) is 14.4. The molecule has 4 aromatic rings. The summed E-state index contributed by atoms with van der Waals surface area (Å²) in [6.07, 6.45) is 8.11. The molecule has 0 unspecified atom stereocenters. The maximum absolute atomic E-state index is 4.92. The molecule has 0 saturated carbocycles. The van der Waals surface area contributed by atoms with E-state index in [1.54, 1.807) is 6.33 Å². The Hall–Kier alpha value is -4.36. The van der Waals surface area contributed by atoms with Gasteiger partial charge in [-0.2, -0.15) is 4.98 Å². The molecule has 41 heavy (non-hydrogen) atoms. The van der Waals surface area contributed by atoms with Crippen molar-refractivity contribution in [1.82, 2.24) is 24.8 Å². The average Bonchev–Trinajstić information content (AvgIpc) is 2.98. The molecule has 7 nitrogen and oxygen atoms in total. The van der Waals surface area contributed by atoms with E-state index in [1.807, 2.05) is 19.2 Å². The van der Waals surface area contributed by atoms with Gasteiger partial charge in [0.05, 0.1) is 5.69 Å². The van der Waals surface area contributed by atoms with Crippen molar-refractivity contribution in [2.75, 3.05) is 36.9 Å². The summed E-state index contributed by atoms with van der Waals surface area (Å²) in [6, 6.07) is 17.2. The molecule has 2 aliphatic rings. The molecule has 4 heterocycles. The number of benzene rings is 2. The molecule has 208 valence electrons. The van der Waals surface area contributed by atoms with Gasteiger partial charge in [0.2, 0.25) is 5.95 Å². The normalized spacial score (nSPS) is 16.0. The summed E-state index contributed by atoms with van der Waals surface area (Å²) < 4.78 is 0. The van der Waals surface area contributed by atoms with E-state index in [9.17, 15) is 0 Å². The molecule has 1 N–H and O–H groups in total. The Morgan fingerprint density at radius 1 is 0.976 bits per heavy atom. The van der Waals surface area contributed by atoms with Crippen molar-refractivity contribution in [3.63, 3.8) is 0 Å². The smallest absolute Gasteiger partial charge is 0.229 e. The molecule has 0 atom stereocenters. The summed E-state index contributed by atoms with van der Waals surface area (Å²) in [6.45, 7) is 13.8. The second-order valence-electron chi connectivity index (χ2n) is 11.1. The maximum Gasteiger partial charge on any atom is 0.229 e. The van der Waals surface area contributed by atoms with Gasteiger partial charge in [-0.1, -0.05) is 30.8 Å². The van der Waals surface area contributed by atoms with Gasteiger partial charge in [0.25, 0.3) is 0 Å². The van der Waals surface area contributed by atoms with E-state index < -0.39 is 0 Å². The number of aromatic nitrogens is 4. The molecule has 2 aromatic carbocycles. The fraction of sp³-hybridized carbons (Fsp3) is 0.294. The minimum absolute atomic E-state index is 0.583. The monoisotopic (exact) mass is 543 g/mol. The number of aryl methyl sites for hydroxylation is 2.